The summed E-state index contributed by atoms with van der Waals surface area (Å²) in [5, 5.41) is 0.333. The Balaban J connectivity index is 2.21. The molecule has 1 aromatic carbocycles. The van der Waals surface area contributed by atoms with Crippen molar-refractivity contribution < 1.29 is 8.78 Å². The van der Waals surface area contributed by atoms with Gasteiger partial charge >= 0.3 is 5.69 Å². The molecule has 0 unspecified atom stereocenters. The molecular formula is C15H11F2N3O2. The molecule has 0 saturated carbocycles. The lowest BCUT2D eigenvalue weighted by atomic mass is 10.2. The maximum absolute atomic E-state index is 13.3. The van der Waals surface area contributed by atoms with E-state index in [2.05, 4.69) is 4.98 Å². The molecule has 0 aliphatic carbocycles. The van der Waals surface area contributed by atoms with Gasteiger partial charge in [-0.1, -0.05) is 6.07 Å². The first-order chi connectivity index (χ1) is 10.5. The van der Waals surface area contributed by atoms with Crippen molar-refractivity contribution in [2.45, 2.75) is 6.54 Å². The quantitative estimate of drug-likeness (QED) is 0.719. The molecule has 0 aliphatic heterocycles. The Kier molecular flexibility index (Phi) is 3.32. The second kappa shape index (κ2) is 5.18. The molecule has 0 saturated heterocycles. The molecule has 0 N–H and O–H groups in total. The Bertz CT molecular complexity index is 992. The normalized spacial score (nSPS) is 11.0. The van der Waals surface area contributed by atoms with Gasteiger partial charge in [-0.2, -0.15) is 0 Å². The number of hydrogen-bond donors (Lipinski definition) is 0. The molecule has 0 spiro atoms. The molecule has 0 atom stereocenters. The van der Waals surface area contributed by atoms with Gasteiger partial charge in [0, 0.05) is 13.2 Å². The lowest BCUT2D eigenvalue weighted by Gasteiger charge is -2.10. The third kappa shape index (κ3) is 2.20. The third-order valence-electron chi connectivity index (χ3n) is 3.48. The van der Waals surface area contributed by atoms with Crippen molar-refractivity contribution >= 4 is 10.9 Å². The van der Waals surface area contributed by atoms with Crippen LogP contribution in [0.1, 0.15) is 5.56 Å². The highest BCUT2D eigenvalue weighted by atomic mass is 19.2. The average molecular weight is 303 g/mol. The van der Waals surface area contributed by atoms with Gasteiger partial charge in [-0.05, 0) is 23.8 Å². The minimum Gasteiger partial charge on any atom is -0.295 e. The molecule has 0 aliphatic rings. The predicted octanol–water partition coefficient (Wildman–Crippen LogP) is 1.42. The first kappa shape index (κ1) is 14.1. The van der Waals surface area contributed by atoms with Crippen LogP contribution in [0.15, 0.2) is 46.2 Å². The van der Waals surface area contributed by atoms with Gasteiger partial charge in [0.2, 0.25) is 0 Å². The number of halogens is 2. The first-order valence-electron chi connectivity index (χ1n) is 6.46. The summed E-state index contributed by atoms with van der Waals surface area (Å²) in [6.45, 7) is -0.138. The number of aromatic nitrogens is 3. The Morgan fingerprint density at radius 3 is 2.64 bits per heavy atom. The molecular weight excluding hydrogens is 292 g/mol. The van der Waals surface area contributed by atoms with Crippen molar-refractivity contribution in [2.24, 2.45) is 7.05 Å². The van der Waals surface area contributed by atoms with Gasteiger partial charge in [-0.25, -0.2) is 13.6 Å². The fraction of sp³-hybridized carbons (Fsp3) is 0.133. The zero-order valence-corrected chi connectivity index (χ0v) is 11.6. The number of pyridine rings is 1. The zero-order valence-electron chi connectivity index (χ0n) is 11.6. The van der Waals surface area contributed by atoms with E-state index in [1.54, 1.807) is 0 Å². The number of hydrogen-bond acceptors (Lipinski definition) is 3. The molecule has 0 amide bonds. The number of benzene rings is 1. The van der Waals surface area contributed by atoms with Crippen LogP contribution in [0.3, 0.4) is 0 Å². The molecule has 3 aromatic rings. The second-order valence-corrected chi connectivity index (χ2v) is 4.87. The largest absolute Gasteiger partial charge is 0.331 e. The fourth-order valence-electron chi connectivity index (χ4n) is 2.31. The Morgan fingerprint density at radius 2 is 1.91 bits per heavy atom. The average Bonchev–Trinajstić information content (AvgIpc) is 2.53. The van der Waals surface area contributed by atoms with E-state index >= 15 is 0 Å². The van der Waals surface area contributed by atoms with E-state index < -0.39 is 22.9 Å². The Hall–Kier alpha value is -2.83. The highest BCUT2D eigenvalue weighted by Crippen LogP contribution is 2.10. The van der Waals surface area contributed by atoms with Gasteiger partial charge < -0.3 is 0 Å². The van der Waals surface area contributed by atoms with E-state index in [9.17, 15) is 18.4 Å². The summed E-state index contributed by atoms with van der Waals surface area (Å²) < 4.78 is 28.5. The van der Waals surface area contributed by atoms with E-state index in [0.717, 1.165) is 16.7 Å². The van der Waals surface area contributed by atoms with Gasteiger partial charge in [0.05, 0.1) is 23.6 Å². The highest BCUT2D eigenvalue weighted by molar-refractivity contribution is 5.76. The molecule has 112 valence electrons. The molecule has 0 radical (unpaired) electrons. The minimum atomic E-state index is -1.02. The maximum atomic E-state index is 13.3. The molecule has 5 nitrogen and oxygen atoms in total. The van der Waals surface area contributed by atoms with Crippen LogP contribution in [0, 0.1) is 11.6 Å². The molecule has 3 rings (SSSR count). The molecule has 22 heavy (non-hydrogen) atoms. The van der Waals surface area contributed by atoms with Crippen molar-refractivity contribution in [1.29, 1.82) is 0 Å². The molecule has 2 aromatic heterocycles. The van der Waals surface area contributed by atoms with Crippen LogP contribution < -0.4 is 11.2 Å². The number of aryl methyl sites for hydroxylation is 1. The van der Waals surface area contributed by atoms with Crippen LogP contribution in [-0.4, -0.2) is 14.1 Å². The van der Waals surface area contributed by atoms with Crippen LogP contribution in [0.25, 0.3) is 10.9 Å². The summed E-state index contributed by atoms with van der Waals surface area (Å²) in [5.41, 5.74) is -0.300. The topological polar surface area (TPSA) is 56.9 Å². The van der Waals surface area contributed by atoms with Crippen LogP contribution in [0.2, 0.25) is 0 Å². The van der Waals surface area contributed by atoms with E-state index in [1.165, 1.54) is 36.1 Å². The Labute approximate surface area is 123 Å². The minimum absolute atomic E-state index is 0.138. The molecule has 2 heterocycles. The summed E-state index contributed by atoms with van der Waals surface area (Å²) in [5.74, 6) is -2.00. The smallest absolute Gasteiger partial charge is 0.295 e. The summed E-state index contributed by atoms with van der Waals surface area (Å²) in [6.07, 6.45) is 2.89. The van der Waals surface area contributed by atoms with Crippen LogP contribution in [-0.2, 0) is 13.6 Å². The van der Waals surface area contributed by atoms with Crippen molar-refractivity contribution in [2.75, 3.05) is 0 Å². The lowest BCUT2D eigenvalue weighted by molar-refractivity contribution is 0.506. The third-order valence-corrected chi connectivity index (χ3v) is 3.48. The summed E-state index contributed by atoms with van der Waals surface area (Å²) >= 11 is 0. The summed E-state index contributed by atoms with van der Waals surface area (Å²) in [6, 6.07) is 4.78. The van der Waals surface area contributed by atoms with E-state index in [-0.39, 0.29) is 6.54 Å². The highest BCUT2D eigenvalue weighted by Gasteiger charge is 2.12. The van der Waals surface area contributed by atoms with E-state index in [1.807, 2.05) is 0 Å². The lowest BCUT2D eigenvalue weighted by Crippen LogP contribution is -2.39. The SMILES string of the molecule is Cn1c(=O)n(Cc2ccc(F)c(F)c2)c(=O)c2ccncc21. The van der Waals surface area contributed by atoms with Gasteiger partial charge in [-0.3, -0.25) is 18.9 Å². The monoisotopic (exact) mass is 303 g/mol. The van der Waals surface area contributed by atoms with Crippen molar-refractivity contribution in [3.63, 3.8) is 0 Å². The number of fused-ring (bicyclic) bond motifs is 1. The fourth-order valence-corrected chi connectivity index (χ4v) is 2.31. The maximum Gasteiger partial charge on any atom is 0.331 e. The summed E-state index contributed by atoms with van der Waals surface area (Å²) in [4.78, 5) is 28.6. The van der Waals surface area contributed by atoms with E-state index in [4.69, 9.17) is 0 Å². The van der Waals surface area contributed by atoms with E-state index in [0.29, 0.717) is 16.5 Å². The van der Waals surface area contributed by atoms with Crippen molar-refractivity contribution in [3.8, 4) is 0 Å². The predicted molar refractivity (Wildman–Crippen MR) is 76.7 cm³/mol. The number of nitrogens with zero attached hydrogens (tertiary/aromatic N) is 3. The van der Waals surface area contributed by atoms with Crippen LogP contribution in [0.4, 0.5) is 8.78 Å². The molecule has 0 bridgehead atoms. The van der Waals surface area contributed by atoms with Crippen LogP contribution >= 0.6 is 0 Å². The van der Waals surface area contributed by atoms with Gasteiger partial charge in [0.25, 0.3) is 5.56 Å². The van der Waals surface area contributed by atoms with Gasteiger partial charge in [0.1, 0.15) is 0 Å². The van der Waals surface area contributed by atoms with Crippen molar-refractivity contribution in [3.05, 3.63) is 74.7 Å². The molecule has 7 heteroatoms. The Morgan fingerprint density at radius 1 is 1.14 bits per heavy atom. The van der Waals surface area contributed by atoms with Crippen LogP contribution in [0.5, 0.6) is 0 Å². The van der Waals surface area contributed by atoms with Gasteiger partial charge in [-0.15, -0.1) is 0 Å². The second-order valence-electron chi connectivity index (χ2n) is 4.87. The standard InChI is InChI=1S/C15H11F2N3O2/c1-19-13-7-18-5-4-10(13)14(21)20(15(19)22)8-9-2-3-11(16)12(17)6-9/h2-7H,8H2,1H3. The zero-order chi connectivity index (χ0) is 15.9. The van der Waals surface area contributed by atoms with Gasteiger partial charge in [0.15, 0.2) is 11.6 Å². The molecule has 0 fully saturated rings. The number of rotatable bonds is 2. The first-order valence-corrected chi connectivity index (χ1v) is 6.46. The summed E-state index contributed by atoms with van der Waals surface area (Å²) in [7, 11) is 1.52. The van der Waals surface area contributed by atoms with Crippen molar-refractivity contribution in [1.82, 2.24) is 14.1 Å².